The zero-order valence-corrected chi connectivity index (χ0v) is 12.3. The molecule has 0 aliphatic rings. The zero-order valence-electron chi connectivity index (χ0n) is 11.1. The molecule has 1 aromatic heterocycles. The second-order valence-corrected chi connectivity index (χ2v) is 5.51. The number of hydrogen-bond acceptors (Lipinski definition) is 1. The van der Waals surface area contributed by atoms with Crippen molar-refractivity contribution < 1.29 is 8.78 Å². The van der Waals surface area contributed by atoms with Crippen LogP contribution in [0.3, 0.4) is 0 Å². The number of nitrogens with one attached hydrogen (secondary N) is 1. The second-order valence-electron chi connectivity index (χ2n) is 4.84. The van der Waals surface area contributed by atoms with Gasteiger partial charge in [-0.3, -0.25) is 0 Å². The average molecular weight is 302 g/mol. The van der Waals surface area contributed by atoms with E-state index in [1.807, 2.05) is 35.0 Å². The second kappa shape index (κ2) is 5.38. The summed E-state index contributed by atoms with van der Waals surface area (Å²) in [5, 5.41) is 8.94. The molecule has 0 aliphatic carbocycles. The van der Waals surface area contributed by atoms with E-state index in [2.05, 4.69) is 9.24 Å². The van der Waals surface area contributed by atoms with Gasteiger partial charge in [-0.05, 0) is 29.6 Å². The highest BCUT2D eigenvalue weighted by Crippen LogP contribution is 2.21. The van der Waals surface area contributed by atoms with Gasteiger partial charge < -0.3 is 9.98 Å². The molecule has 3 rings (SSSR count). The number of nitrogens with zero attached hydrogens (tertiary/aromatic N) is 1. The Morgan fingerprint density at radius 1 is 1.19 bits per heavy atom. The first-order valence-electron chi connectivity index (χ1n) is 6.42. The molecule has 0 spiro atoms. The van der Waals surface area contributed by atoms with Gasteiger partial charge in [-0.25, -0.2) is 8.78 Å². The summed E-state index contributed by atoms with van der Waals surface area (Å²) < 4.78 is 29.2. The van der Waals surface area contributed by atoms with Crippen molar-refractivity contribution in [2.45, 2.75) is 6.54 Å². The SMILES string of the molecule is N=Cc1cccc2c1ccn2Cc1cc(P)cc(F)c1F. The van der Waals surface area contributed by atoms with Crippen LogP contribution < -0.4 is 5.30 Å². The highest BCUT2D eigenvalue weighted by Gasteiger charge is 2.11. The highest BCUT2D eigenvalue weighted by molar-refractivity contribution is 7.27. The Kier molecular flexibility index (Phi) is 3.56. The van der Waals surface area contributed by atoms with Crippen LogP contribution in [0.25, 0.3) is 10.9 Å². The van der Waals surface area contributed by atoms with Crippen LogP contribution in [0.4, 0.5) is 8.78 Å². The third kappa shape index (κ3) is 2.47. The fourth-order valence-electron chi connectivity index (χ4n) is 2.48. The molecule has 0 saturated heterocycles. The average Bonchev–Trinajstić information content (AvgIpc) is 2.87. The lowest BCUT2D eigenvalue weighted by atomic mass is 10.1. The lowest BCUT2D eigenvalue weighted by Crippen LogP contribution is -2.07. The van der Waals surface area contributed by atoms with Crippen LogP contribution in [0.1, 0.15) is 11.1 Å². The van der Waals surface area contributed by atoms with Crippen molar-refractivity contribution in [1.29, 1.82) is 5.41 Å². The Bertz CT molecular complexity index is 840. The van der Waals surface area contributed by atoms with Crippen molar-refractivity contribution in [1.82, 2.24) is 4.57 Å². The van der Waals surface area contributed by atoms with Gasteiger partial charge >= 0.3 is 0 Å². The molecule has 5 heteroatoms. The lowest BCUT2D eigenvalue weighted by molar-refractivity contribution is 0.497. The van der Waals surface area contributed by atoms with Crippen LogP contribution in [0.5, 0.6) is 0 Å². The summed E-state index contributed by atoms with van der Waals surface area (Å²) in [7, 11) is 2.38. The van der Waals surface area contributed by atoms with Crippen LogP contribution in [0.15, 0.2) is 42.6 Å². The Balaban J connectivity index is 2.09. The molecule has 0 saturated carbocycles. The predicted octanol–water partition coefficient (Wildman–Crippen LogP) is 3.47. The molecule has 0 aliphatic heterocycles. The number of aromatic nitrogens is 1. The maximum absolute atomic E-state index is 13.9. The van der Waals surface area contributed by atoms with Gasteiger partial charge in [-0.2, -0.15) is 0 Å². The number of halogens is 2. The molecular formula is C16H13F2N2P. The van der Waals surface area contributed by atoms with E-state index < -0.39 is 11.6 Å². The maximum atomic E-state index is 13.9. The zero-order chi connectivity index (χ0) is 15.0. The molecule has 21 heavy (non-hydrogen) atoms. The Hall–Kier alpha value is -2.06. The van der Waals surface area contributed by atoms with E-state index in [1.165, 1.54) is 6.21 Å². The van der Waals surface area contributed by atoms with E-state index in [0.717, 1.165) is 22.5 Å². The molecule has 1 heterocycles. The molecule has 0 bridgehead atoms. The third-order valence-corrected chi connectivity index (χ3v) is 3.80. The number of rotatable bonds is 3. The minimum absolute atomic E-state index is 0.246. The topological polar surface area (TPSA) is 28.8 Å². The van der Waals surface area contributed by atoms with Crippen LogP contribution in [0, 0.1) is 17.0 Å². The maximum Gasteiger partial charge on any atom is 0.163 e. The Morgan fingerprint density at radius 2 is 2.00 bits per heavy atom. The van der Waals surface area contributed by atoms with Crippen LogP contribution in [-0.2, 0) is 6.54 Å². The minimum atomic E-state index is -0.839. The molecule has 2 aromatic carbocycles. The van der Waals surface area contributed by atoms with Gasteiger partial charge in [0.25, 0.3) is 0 Å². The third-order valence-electron chi connectivity index (χ3n) is 3.47. The first-order valence-corrected chi connectivity index (χ1v) is 6.99. The van der Waals surface area contributed by atoms with E-state index in [1.54, 1.807) is 6.07 Å². The summed E-state index contributed by atoms with van der Waals surface area (Å²) in [5.74, 6) is -1.65. The van der Waals surface area contributed by atoms with Crippen molar-refractivity contribution >= 4 is 31.7 Å². The molecule has 1 atom stereocenters. The molecule has 106 valence electrons. The largest absolute Gasteiger partial charge is 0.343 e. The molecule has 2 nitrogen and oxygen atoms in total. The fourth-order valence-corrected chi connectivity index (χ4v) is 2.83. The van der Waals surface area contributed by atoms with Crippen molar-refractivity contribution in [2.75, 3.05) is 0 Å². The normalized spacial score (nSPS) is 11.0. The quantitative estimate of drug-likeness (QED) is 0.567. The van der Waals surface area contributed by atoms with Crippen LogP contribution >= 0.6 is 9.24 Å². The first kappa shape index (κ1) is 13.9. The van der Waals surface area contributed by atoms with E-state index in [-0.39, 0.29) is 6.54 Å². The van der Waals surface area contributed by atoms with Gasteiger partial charge in [0.15, 0.2) is 11.6 Å². The van der Waals surface area contributed by atoms with E-state index in [0.29, 0.717) is 10.9 Å². The highest BCUT2D eigenvalue weighted by atomic mass is 31.0. The standard InChI is InChI=1S/C16H13F2N2P/c17-14-7-12(21)6-11(16(14)18)9-20-5-4-13-10(8-19)2-1-3-15(13)20/h1-8,19H,9,21H2. The summed E-state index contributed by atoms with van der Waals surface area (Å²) in [6.45, 7) is 0.246. The lowest BCUT2D eigenvalue weighted by Gasteiger charge is -2.09. The van der Waals surface area contributed by atoms with Crippen molar-refractivity contribution in [3.63, 3.8) is 0 Å². The number of benzene rings is 2. The van der Waals surface area contributed by atoms with E-state index in [9.17, 15) is 8.78 Å². The van der Waals surface area contributed by atoms with Crippen LogP contribution in [0.2, 0.25) is 0 Å². The number of fused-ring (bicyclic) bond motifs is 1. The summed E-state index contributed by atoms with van der Waals surface area (Å²) in [5.41, 5.74) is 2.00. The summed E-state index contributed by atoms with van der Waals surface area (Å²) >= 11 is 0. The van der Waals surface area contributed by atoms with E-state index >= 15 is 0 Å². The summed E-state index contributed by atoms with van der Waals surface area (Å²) in [4.78, 5) is 0. The molecule has 0 fully saturated rings. The van der Waals surface area contributed by atoms with Gasteiger partial charge in [-0.15, -0.1) is 9.24 Å². The molecule has 1 N–H and O–H groups in total. The van der Waals surface area contributed by atoms with Crippen LogP contribution in [-0.4, -0.2) is 10.8 Å². The molecule has 1 unspecified atom stereocenters. The Labute approximate surface area is 123 Å². The smallest absolute Gasteiger partial charge is 0.163 e. The van der Waals surface area contributed by atoms with Crippen molar-refractivity contribution in [2.24, 2.45) is 0 Å². The number of hydrogen-bond donors (Lipinski definition) is 1. The fraction of sp³-hybridized carbons (Fsp3) is 0.0625. The molecule has 0 radical (unpaired) electrons. The van der Waals surface area contributed by atoms with Gasteiger partial charge in [-0.1, -0.05) is 12.1 Å². The van der Waals surface area contributed by atoms with Gasteiger partial charge in [0.05, 0.1) is 6.54 Å². The summed E-state index contributed by atoms with van der Waals surface area (Å²) in [6.07, 6.45) is 3.11. The molecule has 0 amide bonds. The van der Waals surface area contributed by atoms with E-state index in [4.69, 9.17) is 5.41 Å². The molecular weight excluding hydrogens is 289 g/mol. The van der Waals surface area contributed by atoms with Gasteiger partial charge in [0.2, 0.25) is 0 Å². The summed E-state index contributed by atoms with van der Waals surface area (Å²) in [6, 6.07) is 10.3. The monoisotopic (exact) mass is 302 g/mol. The first-order chi connectivity index (χ1) is 10.1. The van der Waals surface area contributed by atoms with Gasteiger partial charge in [0, 0.05) is 34.4 Å². The van der Waals surface area contributed by atoms with Crippen molar-refractivity contribution in [3.05, 3.63) is 65.4 Å². The van der Waals surface area contributed by atoms with Crippen molar-refractivity contribution in [3.8, 4) is 0 Å². The van der Waals surface area contributed by atoms with Gasteiger partial charge in [0.1, 0.15) is 0 Å². The molecule has 3 aromatic rings. The minimum Gasteiger partial charge on any atom is -0.343 e. The predicted molar refractivity (Wildman–Crippen MR) is 84.6 cm³/mol. The Morgan fingerprint density at radius 3 is 2.76 bits per heavy atom.